The third-order valence-corrected chi connectivity index (χ3v) is 3.92. The van der Waals surface area contributed by atoms with E-state index < -0.39 is 0 Å². The summed E-state index contributed by atoms with van der Waals surface area (Å²) < 4.78 is 13.6. The molecule has 0 fully saturated rings. The normalized spacial score (nSPS) is 10.7. The van der Waals surface area contributed by atoms with Gasteiger partial charge in [0.25, 0.3) is 0 Å². The number of aryl methyl sites for hydroxylation is 1. The number of halogens is 1. The van der Waals surface area contributed by atoms with E-state index >= 15 is 0 Å². The van der Waals surface area contributed by atoms with Crippen LogP contribution in [0.25, 0.3) is 21.8 Å². The first-order valence-corrected chi connectivity index (χ1v) is 6.96. The Bertz CT molecular complexity index is 767. The van der Waals surface area contributed by atoms with Crippen molar-refractivity contribution in [3.05, 3.63) is 53.3 Å². The van der Waals surface area contributed by atoms with E-state index in [2.05, 4.69) is 9.97 Å². The van der Waals surface area contributed by atoms with Crippen molar-refractivity contribution >= 4 is 17.2 Å². The number of benzene rings is 1. The van der Waals surface area contributed by atoms with Crippen LogP contribution in [0.4, 0.5) is 10.2 Å². The van der Waals surface area contributed by atoms with Crippen molar-refractivity contribution < 1.29 is 4.39 Å². The highest BCUT2D eigenvalue weighted by molar-refractivity contribution is 7.13. The van der Waals surface area contributed by atoms with Crippen molar-refractivity contribution in [1.82, 2.24) is 9.97 Å². The Balaban J connectivity index is 2.02. The molecule has 0 amide bonds. The van der Waals surface area contributed by atoms with E-state index in [1.807, 2.05) is 23.6 Å². The maximum Gasteiger partial charge on any atom is 0.133 e. The molecule has 3 rings (SSSR count). The number of pyridine rings is 1. The molecule has 3 nitrogen and oxygen atoms in total. The fourth-order valence-electron chi connectivity index (χ4n) is 1.88. The quantitative estimate of drug-likeness (QED) is 0.777. The molecule has 0 saturated heterocycles. The van der Waals surface area contributed by atoms with Crippen LogP contribution in [0.15, 0.2) is 41.9 Å². The summed E-state index contributed by atoms with van der Waals surface area (Å²) in [5.41, 5.74) is 8.77. The van der Waals surface area contributed by atoms with Gasteiger partial charge in [0.05, 0.1) is 11.3 Å². The number of hydrogen-bond acceptors (Lipinski definition) is 4. The molecule has 0 aliphatic carbocycles. The number of hydrogen-bond donors (Lipinski definition) is 1. The van der Waals surface area contributed by atoms with Crippen LogP contribution in [0, 0.1) is 12.7 Å². The minimum atomic E-state index is -0.224. The number of nitrogens with zero attached hydrogens (tertiary/aromatic N) is 2. The number of rotatable bonds is 2. The van der Waals surface area contributed by atoms with Gasteiger partial charge in [-0.3, -0.25) is 0 Å². The third kappa shape index (κ3) is 2.28. The summed E-state index contributed by atoms with van der Waals surface area (Å²) in [5, 5.41) is 2.68. The van der Waals surface area contributed by atoms with Crippen LogP contribution >= 0.6 is 11.3 Å². The van der Waals surface area contributed by atoms with Crippen LogP contribution in [0.2, 0.25) is 0 Å². The molecule has 0 radical (unpaired) electrons. The average Bonchev–Trinajstić information content (AvgIpc) is 2.92. The van der Waals surface area contributed by atoms with Gasteiger partial charge in [0.15, 0.2) is 0 Å². The molecule has 0 unspecified atom stereocenters. The topological polar surface area (TPSA) is 51.8 Å². The van der Waals surface area contributed by atoms with Crippen molar-refractivity contribution in [2.45, 2.75) is 6.92 Å². The maximum atomic E-state index is 13.6. The van der Waals surface area contributed by atoms with Crippen molar-refractivity contribution in [2.75, 3.05) is 5.73 Å². The summed E-state index contributed by atoms with van der Waals surface area (Å²) >= 11 is 1.47. The number of nitrogen functional groups attached to an aromatic ring is 1. The SMILES string of the molecule is Cc1ccc(-c2csc(-c3cccnc3N)n2)cc1F. The lowest BCUT2D eigenvalue weighted by Gasteiger charge is -2.01. The van der Waals surface area contributed by atoms with E-state index in [0.29, 0.717) is 11.4 Å². The minimum absolute atomic E-state index is 0.224. The summed E-state index contributed by atoms with van der Waals surface area (Å²) in [6, 6.07) is 8.81. The Morgan fingerprint density at radius 1 is 1.25 bits per heavy atom. The minimum Gasteiger partial charge on any atom is -0.383 e. The van der Waals surface area contributed by atoms with Gasteiger partial charge in [0.1, 0.15) is 16.6 Å². The lowest BCUT2D eigenvalue weighted by atomic mass is 10.1. The molecule has 5 heteroatoms. The van der Waals surface area contributed by atoms with Crippen LogP contribution in [0.5, 0.6) is 0 Å². The van der Waals surface area contributed by atoms with Gasteiger partial charge in [-0.15, -0.1) is 11.3 Å². The average molecular weight is 285 g/mol. The standard InChI is InChI=1S/C15H12FN3S/c1-9-4-5-10(7-12(9)16)13-8-20-15(19-13)11-3-2-6-18-14(11)17/h2-8H,1H3,(H2,17,18). The molecule has 3 aromatic rings. The first kappa shape index (κ1) is 12.7. The van der Waals surface area contributed by atoms with Crippen molar-refractivity contribution in [3.63, 3.8) is 0 Å². The molecule has 0 saturated carbocycles. The second-order valence-corrected chi connectivity index (χ2v) is 5.30. The largest absolute Gasteiger partial charge is 0.383 e. The molecule has 1 aromatic carbocycles. The maximum absolute atomic E-state index is 13.6. The van der Waals surface area contributed by atoms with Gasteiger partial charge in [-0.05, 0) is 30.7 Å². The molecule has 0 aliphatic rings. The van der Waals surface area contributed by atoms with Gasteiger partial charge in [0, 0.05) is 17.1 Å². The zero-order chi connectivity index (χ0) is 14.1. The number of anilines is 1. The Labute approximate surface area is 119 Å². The predicted octanol–water partition coefficient (Wildman–Crippen LogP) is 3.90. The molecule has 0 bridgehead atoms. The summed E-state index contributed by atoms with van der Waals surface area (Å²) in [7, 11) is 0. The molecule has 2 N–H and O–H groups in total. The Kier molecular flexibility index (Phi) is 3.20. The van der Waals surface area contributed by atoms with E-state index in [4.69, 9.17) is 5.73 Å². The van der Waals surface area contributed by atoms with Gasteiger partial charge in [-0.25, -0.2) is 14.4 Å². The molecule has 20 heavy (non-hydrogen) atoms. The number of nitrogens with two attached hydrogens (primary N) is 1. The van der Waals surface area contributed by atoms with Crippen molar-refractivity contribution in [2.24, 2.45) is 0 Å². The second-order valence-electron chi connectivity index (χ2n) is 4.44. The Morgan fingerprint density at radius 2 is 2.10 bits per heavy atom. The van der Waals surface area contributed by atoms with E-state index in [1.54, 1.807) is 19.2 Å². The molecule has 0 atom stereocenters. The van der Waals surface area contributed by atoms with E-state index in [0.717, 1.165) is 21.8 Å². The monoisotopic (exact) mass is 285 g/mol. The highest BCUT2D eigenvalue weighted by Crippen LogP contribution is 2.31. The highest BCUT2D eigenvalue weighted by Gasteiger charge is 2.10. The number of aromatic nitrogens is 2. The fraction of sp³-hybridized carbons (Fsp3) is 0.0667. The third-order valence-electron chi connectivity index (χ3n) is 3.04. The molecule has 2 aromatic heterocycles. The van der Waals surface area contributed by atoms with Crippen LogP contribution in [-0.4, -0.2) is 9.97 Å². The van der Waals surface area contributed by atoms with Crippen molar-refractivity contribution in [1.29, 1.82) is 0 Å². The van der Waals surface area contributed by atoms with Crippen LogP contribution < -0.4 is 5.73 Å². The summed E-state index contributed by atoms with van der Waals surface area (Å²) in [4.78, 5) is 8.56. The van der Waals surface area contributed by atoms with Crippen LogP contribution in [-0.2, 0) is 0 Å². The first-order valence-electron chi connectivity index (χ1n) is 6.08. The van der Waals surface area contributed by atoms with E-state index in [-0.39, 0.29) is 5.82 Å². The van der Waals surface area contributed by atoms with Crippen LogP contribution in [0.1, 0.15) is 5.56 Å². The van der Waals surface area contributed by atoms with Gasteiger partial charge < -0.3 is 5.73 Å². The molecular formula is C15H12FN3S. The molecule has 0 spiro atoms. The Morgan fingerprint density at radius 3 is 2.85 bits per heavy atom. The zero-order valence-electron chi connectivity index (χ0n) is 10.8. The van der Waals surface area contributed by atoms with Gasteiger partial charge >= 0.3 is 0 Å². The zero-order valence-corrected chi connectivity index (χ0v) is 11.6. The smallest absolute Gasteiger partial charge is 0.133 e. The van der Waals surface area contributed by atoms with Gasteiger partial charge in [0.2, 0.25) is 0 Å². The summed E-state index contributed by atoms with van der Waals surface area (Å²) in [5.74, 6) is 0.224. The lowest BCUT2D eigenvalue weighted by molar-refractivity contribution is 0.619. The van der Waals surface area contributed by atoms with Gasteiger partial charge in [-0.1, -0.05) is 12.1 Å². The molecular weight excluding hydrogens is 273 g/mol. The summed E-state index contributed by atoms with van der Waals surface area (Å²) in [6.45, 7) is 1.74. The molecule has 2 heterocycles. The first-order chi connectivity index (χ1) is 9.65. The van der Waals surface area contributed by atoms with Gasteiger partial charge in [-0.2, -0.15) is 0 Å². The molecule has 0 aliphatic heterocycles. The number of thiazole rings is 1. The highest BCUT2D eigenvalue weighted by atomic mass is 32.1. The second kappa shape index (κ2) is 5.02. The molecule has 100 valence electrons. The van der Waals surface area contributed by atoms with Crippen molar-refractivity contribution in [3.8, 4) is 21.8 Å². The van der Waals surface area contributed by atoms with E-state index in [1.165, 1.54) is 17.4 Å². The Hall–Kier alpha value is -2.27. The van der Waals surface area contributed by atoms with E-state index in [9.17, 15) is 4.39 Å². The lowest BCUT2D eigenvalue weighted by Crippen LogP contribution is -1.92. The summed E-state index contributed by atoms with van der Waals surface area (Å²) in [6.07, 6.45) is 1.64. The van der Waals surface area contributed by atoms with Crippen LogP contribution in [0.3, 0.4) is 0 Å². The fourth-order valence-corrected chi connectivity index (χ4v) is 2.74. The predicted molar refractivity (Wildman–Crippen MR) is 79.9 cm³/mol.